The summed E-state index contributed by atoms with van der Waals surface area (Å²) in [5, 5.41) is 1.02. The van der Waals surface area contributed by atoms with Crippen LogP contribution in [-0.2, 0) is 6.42 Å². The number of aromatic amines is 2. The molecule has 0 spiro atoms. The van der Waals surface area contributed by atoms with E-state index in [0.717, 1.165) is 45.3 Å². The largest absolute Gasteiger partial charge is 0.360 e. The number of imidazole rings is 1. The van der Waals surface area contributed by atoms with Crippen LogP contribution in [0.25, 0.3) is 33.1 Å². The van der Waals surface area contributed by atoms with Gasteiger partial charge in [-0.3, -0.25) is 0 Å². The van der Waals surface area contributed by atoms with Crippen LogP contribution < -0.4 is 0 Å². The number of nitrogens with zero attached hydrogens (tertiary/aromatic N) is 1. The number of fused-ring (bicyclic) bond motifs is 2. The molecule has 4 aromatic rings. The third kappa shape index (κ3) is 1.91. The summed E-state index contributed by atoms with van der Waals surface area (Å²) in [7, 11) is 0. The molecule has 4 rings (SSSR count). The summed E-state index contributed by atoms with van der Waals surface area (Å²) in [6, 6.07) is 11.0. The third-order valence-corrected chi connectivity index (χ3v) is 3.82. The maximum absolute atomic E-state index is 13.3. The van der Waals surface area contributed by atoms with Gasteiger partial charge in [0.05, 0.1) is 11.0 Å². The van der Waals surface area contributed by atoms with Crippen molar-refractivity contribution in [2.45, 2.75) is 13.3 Å². The Balaban J connectivity index is 1.91. The van der Waals surface area contributed by atoms with Crippen molar-refractivity contribution in [1.29, 1.82) is 0 Å². The molecule has 0 saturated heterocycles. The Labute approximate surface area is 120 Å². The lowest BCUT2D eigenvalue weighted by molar-refractivity contribution is 0.629. The number of H-pyrrole nitrogens is 2. The first kappa shape index (κ1) is 12.1. The van der Waals surface area contributed by atoms with Crippen LogP contribution in [0.4, 0.5) is 4.39 Å². The van der Waals surface area contributed by atoms with Crippen molar-refractivity contribution in [3.8, 4) is 11.1 Å². The van der Waals surface area contributed by atoms with E-state index in [2.05, 4.69) is 34.0 Å². The Morgan fingerprint density at radius 2 is 2.00 bits per heavy atom. The van der Waals surface area contributed by atoms with Gasteiger partial charge in [0.25, 0.3) is 0 Å². The minimum Gasteiger partial charge on any atom is -0.360 e. The van der Waals surface area contributed by atoms with E-state index < -0.39 is 0 Å². The van der Waals surface area contributed by atoms with Crippen LogP contribution in [0.5, 0.6) is 0 Å². The Morgan fingerprint density at radius 3 is 2.86 bits per heavy atom. The predicted octanol–water partition coefficient (Wildman–Crippen LogP) is 4.41. The van der Waals surface area contributed by atoms with Crippen molar-refractivity contribution in [3.63, 3.8) is 0 Å². The molecule has 4 heteroatoms. The summed E-state index contributed by atoms with van der Waals surface area (Å²) in [6.07, 6.45) is 2.80. The van der Waals surface area contributed by atoms with Crippen molar-refractivity contribution in [1.82, 2.24) is 15.0 Å². The van der Waals surface area contributed by atoms with Crippen LogP contribution >= 0.6 is 0 Å². The maximum atomic E-state index is 13.3. The fraction of sp³-hybridized carbons (Fsp3) is 0.118. The second-order valence-electron chi connectivity index (χ2n) is 5.16. The maximum Gasteiger partial charge on any atom is 0.125 e. The number of benzene rings is 2. The fourth-order valence-electron chi connectivity index (χ4n) is 2.73. The molecule has 0 amide bonds. The summed E-state index contributed by atoms with van der Waals surface area (Å²) in [5.41, 5.74) is 4.97. The molecule has 0 fully saturated rings. The zero-order valence-corrected chi connectivity index (χ0v) is 11.6. The van der Waals surface area contributed by atoms with Crippen molar-refractivity contribution >= 4 is 21.9 Å². The molecular formula is C17H14FN3. The molecule has 0 unspecified atom stereocenters. The van der Waals surface area contributed by atoms with E-state index >= 15 is 0 Å². The molecule has 0 aliphatic heterocycles. The van der Waals surface area contributed by atoms with Gasteiger partial charge in [-0.05, 0) is 35.9 Å². The molecule has 2 aromatic carbocycles. The van der Waals surface area contributed by atoms with Crippen LogP contribution in [0.3, 0.4) is 0 Å². The van der Waals surface area contributed by atoms with Gasteiger partial charge in [-0.15, -0.1) is 0 Å². The average molecular weight is 279 g/mol. The van der Waals surface area contributed by atoms with Gasteiger partial charge in [0, 0.05) is 29.1 Å². The monoisotopic (exact) mass is 279 g/mol. The molecule has 3 nitrogen and oxygen atoms in total. The van der Waals surface area contributed by atoms with Crippen LogP contribution in [0.2, 0.25) is 0 Å². The van der Waals surface area contributed by atoms with Gasteiger partial charge in [-0.25, -0.2) is 9.37 Å². The number of rotatable bonds is 2. The minimum atomic E-state index is -0.229. The molecule has 0 saturated carbocycles. The molecule has 0 bridgehead atoms. The molecule has 2 aromatic heterocycles. The molecule has 0 aliphatic carbocycles. The van der Waals surface area contributed by atoms with Crippen LogP contribution in [0.15, 0.2) is 42.6 Å². The standard InChI is InChI=1S/C17H14FN3/c1-2-17-20-14-6-3-10(7-16(14)21-17)13-9-19-15-8-11(18)4-5-12(13)15/h3-9,19H,2H2,1H3,(H,20,21). The zero-order chi connectivity index (χ0) is 14.4. The summed E-state index contributed by atoms with van der Waals surface area (Å²) in [6.45, 7) is 2.08. The highest BCUT2D eigenvalue weighted by Crippen LogP contribution is 2.30. The average Bonchev–Trinajstić information content (AvgIpc) is 3.08. The predicted molar refractivity (Wildman–Crippen MR) is 82.7 cm³/mol. The van der Waals surface area contributed by atoms with E-state index in [1.165, 1.54) is 12.1 Å². The number of hydrogen-bond acceptors (Lipinski definition) is 1. The van der Waals surface area contributed by atoms with E-state index in [-0.39, 0.29) is 5.82 Å². The Morgan fingerprint density at radius 1 is 1.10 bits per heavy atom. The highest BCUT2D eigenvalue weighted by molar-refractivity contribution is 5.97. The van der Waals surface area contributed by atoms with Gasteiger partial charge in [0.15, 0.2) is 0 Å². The summed E-state index contributed by atoms with van der Waals surface area (Å²) in [4.78, 5) is 11.0. The molecule has 2 heterocycles. The summed E-state index contributed by atoms with van der Waals surface area (Å²) in [5.74, 6) is 0.760. The second kappa shape index (κ2) is 4.45. The van der Waals surface area contributed by atoms with Crippen LogP contribution in [0, 0.1) is 5.82 Å². The van der Waals surface area contributed by atoms with E-state index in [1.807, 2.05) is 18.3 Å². The number of aryl methyl sites for hydroxylation is 1. The van der Waals surface area contributed by atoms with E-state index in [1.54, 1.807) is 0 Å². The topological polar surface area (TPSA) is 44.5 Å². The lowest BCUT2D eigenvalue weighted by Crippen LogP contribution is -1.79. The zero-order valence-electron chi connectivity index (χ0n) is 11.6. The summed E-state index contributed by atoms with van der Waals surface area (Å²) >= 11 is 0. The second-order valence-corrected chi connectivity index (χ2v) is 5.16. The first-order valence-electron chi connectivity index (χ1n) is 7.00. The van der Waals surface area contributed by atoms with E-state index in [9.17, 15) is 4.39 Å². The first-order chi connectivity index (χ1) is 10.2. The van der Waals surface area contributed by atoms with Crippen molar-refractivity contribution < 1.29 is 4.39 Å². The van der Waals surface area contributed by atoms with E-state index in [0.29, 0.717) is 0 Å². The minimum absolute atomic E-state index is 0.229. The molecule has 0 aliphatic rings. The third-order valence-electron chi connectivity index (χ3n) is 3.82. The molecule has 2 N–H and O–H groups in total. The Bertz CT molecular complexity index is 949. The van der Waals surface area contributed by atoms with Gasteiger partial charge in [0.2, 0.25) is 0 Å². The van der Waals surface area contributed by atoms with E-state index in [4.69, 9.17) is 0 Å². The normalized spacial score (nSPS) is 11.5. The molecule has 0 atom stereocenters. The summed E-state index contributed by atoms with van der Waals surface area (Å²) < 4.78 is 13.3. The number of halogens is 1. The highest BCUT2D eigenvalue weighted by atomic mass is 19.1. The van der Waals surface area contributed by atoms with Crippen molar-refractivity contribution in [2.24, 2.45) is 0 Å². The van der Waals surface area contributed by atoms with Gasteiger partial charge in [-0.1, -0.05) is 13.0 Å². The number of hydrogen-bond donors (Lipinski definition) is 2. The van der Waals surface area contributed by atoms with Crippen molar-refractivity contribution in [3.05, 3.63) is 54.2 Å². The smallest absolute Gasteiger partial charge is 0.125 e. The van der Waals surface area contributed by atoms with Crippen LogP contribution in [0.1, 0.15) is 12.7 Å². The molecule has 0 radical (unpaired) electrons. The molecule has 104 valence electrons. The van der Waals surface area contributed by atoms with Gasteiger partial charge < -0.3 is 9.97 Å². The van der Waals surface area contributed by atoms with Gasteiger partial charge >= 0.3 is 0 Å². The lowest BCUT2D eigenvalue weighted by Gasteiger charge is -2.00. The SMILES string of the molecule is CCc1nc2ccc(-c3c[nH]c4cc(F)ccc34)cc2[nH]1. The van der Waals surface area contributed by atoms with Crippen LogP contribution in [-0.4, -0.2) is 15.0 Å². The highest BCUT2D eigenvalue weighted by Gasteiger charge is 2.09. The quantitative estimate of drug-likeness (QED) is 0.560. The molecule has 21 heavy (non-hydrogen) atoms. The number of nitrogens with one attached hydrogen (secondary N) is 2. The first-order valence-corrected chi connectivity index (χ1v) is 7.00. The van der Waals surface area contributed by atoms with Gasteiger partial charge in [0.1, 0.15) is 11.6 Å². The Hall–Kier alpha value is -2.62. The van der Waals surface area contributed by atoms with Crippen molar-refractivity contribution in [2.75, 3.05) is 0 Å². The Kier molecular flexibility index (Phi) is 2.57. The number of aromatic nitrogens is 3. The fourth-order valence-corrected chi connectivity index (χ4v) is 2.73. The lowest BCUT2D eigenvalue weighted by atomic mass is 10.0. The molecular weight excluding hydrogens is 265 g/mol. The van der Waals surface area contributed by atoms with Gasteiger partial charge in [-0.2, -0.15) is 0 Å².